The van der Waals surface area contributed by atoms with E-state index in [0.29, 0.717) is 19.8 Å². The predicted octanol–water partition coefficient (Wildman–Crippen LogP) is -0.282. The molecule has 3 aliphatic rings. The van der Waals surface area contributed by atoms with Crippen LogP contribution < -0.4 is 10.2 Å². The lowest BCUT2D eigenvalue weighted by atomic mass is 10.0. The first-order valence-electron chi connectivity index (χ1n) is 12.1. The summed E-state index contributed by atoms with van der Waals surface area (Å²) in [5.41, 5.74) is 1.40. The number of amides is 4. The zero-order valence-corrected chi connectivity index (χ0v) is 19.9. The van der Waals surface area contributed by atoms with E-state index in [-0.39, 0.29) is 37.0 Å². The molecule has 194 valence electrons. The largest absolute Gasteiger partial charge is 0.481 e. The molecule has 12 nitrogen and oxygen atoms in total. The molecule has 0 aliphatic carbocycles. The number of carboxylic acids is 1. The third-order valence-electron chi connectivity index (χ3n) is 6.54. The maximum absolute atomic E-state index is 13.0. The molecule has 3 aliphatic heterocycles. The minimum Gasteiger partial charge on any atom is -0.481 e. The average Bonchev–Trinajstić information content (AvgIpc) is 3.10. The molecule has 4 rings (SSSR count). The number of piperazine rings is 1. The van der Waals surface area contributed by atoms with E-state index in [9.17, 15) is 24.0 Å². The number of anilines is 1. The maximum atomic E-state index is 13.0. The molecule has 2 N–H and O–H groups in total. The molecule has 1 unspecified atom stereocenters. The van der Waals surface area contributed by atoms with Crippen LogP contribution in [0.3, 0.4) is 0 Å². The highest BCUT2D eigenvalue weighted by Crippen LogP contribution is 2.31. The SMILES string of the molecule is O=C(O)CCOCCOCCN1CCN(c2ccc3c(c2)C(=O)N(C2CCC(=O)NC2=O)C3=O)CC1. The number of carboxylic acid groups (broad SMARTS) is 1. The summed E-state index contributed by atoms with van der Waals surface area (Å²) in [4.78, 5) is 65.4. The number of nitrogens with one attached hydrogen (secondary N) is 1. The summed E-state index contributed by atoms with van der Waals surface area (Å²) in [7, 11) is 0. The first-order chi connectivity index (χ1) is 17.3. The second-order valence-corrected chi connectivity index (χ2v) is 8.87. The van der Waals surface area contributed by atoms with Gasteiger partial charge >= 0.3 is 5.97 Å². The van der Waals surface area contributed by atoms with E-state index in [1.807, 2.05) is 6.07 Å². The van der Waals surface area contributed by atoms with Crippen molar-refractivity contribution < 1.29 is 38.6 Å². The Balaban J connectivity index is 1.24. The lowest BCUT2D eigenvalue weighted by Crippen LogP contribution is -2.54. The highest BCUT2D eigenvalue weighted by molar-refractivity contribution is 6.23. The summed E-state index contributed by atoms with van der Waals surface area (Å²) < 4.78 is 10.7. The summed E-state index contributed by atoms with van der Waals surface area (Å²) in [5, 5.41) is 10.8. The summed E-state index contributed by atoms with van der Waals surface area (Å²) in [6, 6.07) is 4.20. The first kappa shape index (κ1) is 25.7. The molecule has 1 aromatic rings. The number of piperidine rings is 1. The molecule has 2 fully saturated rings. The Hall–Kier alpha value is -3.35. The fraction of sp³-hybridized carbons (Fsp3) is 0.542. The minimum atomic E-state index is -0.972. The molecule has 3 heterocycles. The molecule has 1 atom stereocenters. The molecule has 0 radical (unpaired) electrons. The van der Waals surface area contributed by atoms with Crippen molar-refractivity contribution in [2.45, 2.75) is 25.3 Å². The van der Waals surface area contributed by atoms with Crippen molar-refractivity contribution in [3.05, 3.63) is 29.3 Å². The number of carbonyl (C=O) groups excluding carboxylic acids is 4. The van der Waals surface area contributed by atoms with Crippen molar-refractivity contribution in [3.8, 4) is 0 Å². The minimum absolute atomic E-state index is 0.0168. The monoisotopic (exact) mass is 502 g/mol. The van der Waals surface area contributed by atoms with Gasteiger partial charge in [-0.1, -0.05) is 0 Å². The number of fused-ring (bicyclic) bond motifs is 1. The van der Waals surface area contributed by atoms with Gasteiger partial charge in [-0.3, -0.25) is 39.1 Å². The zero-order valence-electron chi connectivity index (χ0n) is 19.9. The van der Waals surface area contributed by atoms with Gasteiger partial charge in [0.1, 0.15) is 6.04 Å². The number of hydrogen-bond donors (Lipinski definition) is 2. The van der Waals surface area contributed by atoms with Gasteiger partial charge in [0.05, 0.1) is 44.0 Å². The molecular weight excluding hydrogens is 472 g/mol. The number of nitrogens with zero attached hydrogens (tertiary/aromatic N) is 3. The summed E-state index contributed by atoms with van der Waals surface area (Å²) in [6.07, 6.45) is 0.203. The van der Waals surface area contributed by atoms with Crippen molar-refractivity contribution in [3.63, 3.8) is 0 Å². The van der Waals surface area contributed by atoms with Gasteiger partial charge in [-0.15, -0.1) is 0 Å². The molecule has 36 heavy (non-hydrogen) atoms. The summed E-state index contributed by atoms with van der Waals surface area (Å²) in [6.45, 7) is 5.38. The Bertz CT molecular complexity index is 1040. The number of benzene rings is 1. The molecule has 2 saturated heterocycles. The molecular formula is C24H30N4O8. The van der Waals surface area contributed by atoms with Crippen LogP contribution >= 0.6 is 0 Å². The van der Waals surface area contributed by atoms with Crippen LogP contribution in [0.15, 0.2) is 18.2 Å². The lowest BCUT2D eigenvalue weighted by Gasteiger charge is -2.36. The number of carbonyl (C=O) groups is 5. The third kappa shape index (κ3) is 5.89. The Morgan fingerprint density at radius 2 is 1.64 bits per heavy atom. The number of ether oxygens (including phenoxy) is 2. The van der Waals surface area contributed by atoms with Gasteiger partial charge in [0.2, 0.25) is 11.8 Å². The topological polar surface area (TPSA) is 146 Å². The smallest absolute Gasteiger partial charge is 0.305 e. The molecule has 1 aromatic carbocycles. The summed E-state index contributed by atoms with van der Waals surface area (Å²) >= 11 is 0. The first-order valence-corrected chi connectivity index (χ1v) is 12.1. The van der Waals surface area contributed by atoms with E-state index >= 15 is 0 Å². The standard InChI is InChI=1S/C24H30N4O8/c29-20-4-3-19(22(32)25-20)28-23(33)17-2-1-16(15-18(17)24(28)34)27-8-6-26(7-9-27)10-12-36-14-13-35-11-5-21(30)31/h1-2,15,19H,3-14H2,(H,30,31)(H,25,29,32). The molecule has 0 saturated carbocycles. The van der Waals surface area contributed by atoms with Crippen LogP contribution in [-0.4, -0.2) is 110 Å². The normalized spacial score (nSPS) is 20.6. The Morgan fingerprint density at radius 3 is 2.33 bits per heavy atom. The van der Waals surface area contributed by atoms with Gasteiger partial charge in [0.15, 0.2) is 0 Å². The van der Waals surface area contributed by atoms with E-state index in [4.69, 9.17) is 14.6 Å². The van der Waals surface area contributed by atoms with Gasteiger partial charge in [-0.05, 0) is 24.6 Å². The van der Waals surface area contributed by atoms with Gasteiger partial charge < -0.3 is 19.5 Å². The molecule has 4 amide bonds. The second-order valence-electron chi connectivity index (χ2n) is 8.87. The predicted molar refractivity (Wildman–Crippen MR) is 126 cm³/mol. The fourth-order valence-electron chi connectivity index (χ4n) is 4.56. The Labute approximate surface area is 208 Å². The molecule has 12 heteroatoms. The third-order valence-corrected chi connectivity index (χ3v) is 6.54. The Morgan fingerprint density at radius 1 is 0.944 bits per heavy atom. The summed E-state index contributed by atoms with van der Waals surface area (Å²) in [5.74, 6) is -2.92. The number of aliphatic carboxylic acids is 1. The maximum Gasteiger partial charge on any atom is 0.305 e. The zero-order chi connectivity index (χ0) is 25.7. The number of rotatable bonds is 11. The number of imide groups is 2. The second kappa shape index (κ2) is 11.6. The van der Waals surface area contributed by atoms with Gasteiger partial charge in [0, 0.05) is 44.8 Å². The van der Waals surface area contributed by atoms with Crippen molar-refractivity contribution in [1.82, 2.24) is 15.1 Å². The highest BCUT2D eigenvalue weighted by Gasteiger charge is 2.44. The van der Waals surface area contributed by atoms with Crippen molar-refractivity contribution in [2.75, 3.05) is 64.1 Å². The van der Waals surface area contributed by atoms with Crippen LogP contribution in [0.25, 0.3) is 0 Å². The van der Waals surface area contributed by atoms with Crippen LogP contribution in [0.2, 0.25) is 0 Å². The van der Waals surface area contributed by atoms with E-state index in [0.717, 1.165) is 43.3 Å². The highest BCUT2D eigenvalue weighted by atomic mass is 16.5. The van der Waals surface area contributed by atoms with E-state index < -0.39 is 35.6 Å². The van der Waals surface area contributed by atoms with Gasteiger partial charge in [-0.2, -0.15) is 0 Å². The molecule has 0 aromatic heterocycles. The molecule has 0 bridgehead atoms. The quantitative estimate of drug-likeness (QED) is 0.306. The molecule has 0 spiro atoms. The fourth-order valence-corrected chi connectivity index (χ4v) is 4.56. The van der Waals surface area contributed by atoms with Crippen LogP contribution in [0.5, 0.6) is 0 Å². The average molecular weight is 503 g/mol. The van der Waals surface area contributed by atoms with Crippen molar-refractivity contribution >= 4 is 35.3 Å². The van der Waals surface area contributed by atoms with E-state index in [2.05, 4.69) is 15.1 Å². The van der Waals surface area contributed by atoms with E-state index in [1.165, 1.54) is 0 Å². The van der Waals surface area contributed by atoms with Crippen LogP contribution in [0.4, 0.5) is 5.69 Å². The van der Waals surface area contributed by atoms with Crippen LogP contribution in [0, 0.1) is 0 Å². The van der Waals surface area contributed by atoms with Crippen LogP contribution in [0.1, 0.15) is 40.0 Å². The lowest BCUT2D eigenvalue weighted by molar-refractivity contribution is -0.138. The van der Waals surface area contributed by atoms with Gasteiger partial charge in [-0.25, -0.2) is 0 Å². The van der Waals surface area contributed by atoms with Crippen molar-refractivity contribution in [2.24, 2.45) is 0 Å². The Kier molecular flexibility index (Phi) is 8.28. The number of hydrogen-bond acceptors (Lipinski definition) is 9. The van der Waals surface area contributed by atoms with Gasteiger partial charge in [0.25, 0.3) is 11.8 Å². The van der Waals surface area contributed by atoms with Crippen molar-refractivity contribution in [1.29, 1.82) is 0 Å². The van der Waals surface area contributed by atoms with Crippen LogP contribution in [-0.2, 0) is 23.9 Å². The van der Waals surface area contributed by atoms with E-state index in [1.54, 1.807) is 12.1 Å².